The zero-order valence-corrected chi connectivity index (χ0v) is 16.5. The van der Waals surface area contributed by atoms with E-state index in [1.807, 2.05) is 32.6 Å². The van der Waals surface area contributed by atoms with Crippen molar-refractivity contribution in [3.63, 3.8) is 0 Å². The molecule has 1 aliphatic rings. The Bertz CT molecular complexity index is 377. The van der Waals surface area contributed by atoms with Crippen molar-refractivity contribution in [3.8, 4) is 0 Å². The molecule has 1 aliphatic carbocycles. The fraction of sp³-hybridized carbons (Fsp3) is 0.947. The number of carbonyl (C=O) groups excluding carboxylic acids is 1. The molecule has 1 rings (SSSR count). The van der Waals surface area contributed by atoms with Gasteiger partial charge in [-0.1, -0.05) is 25.7 Å². The molecule has 5 heteroatoms. The third-order valence-electron chi connectivity index (χ3n) is 4.76. The molecule has 0 aromatic heterocycles. The number of hydrogen-bond acceptors (Lipinski definition) is 4. The molecule has 0 aliphatic heterocycles. The summed E-state index contributed by atoms with van der Waals surface area (Å²) in [4.78, 5) is 14.6. The van der Waals surface area contributed by atoms with Crippen LogP contribution >= 0.6 is 0 Å². The van der Waals surface area contributed by atoms with Gasteiger partial charge in [-0.25, -0.2) is 4.79 Å². The molecule has 142 valence electrons. The van der Waals surface area contributed by atoms with Crippen molar-refractivity contribution < 1.29 is 14.6 Å². The Morgan fingerprint density at radius 3 is 2.17 bits per heavy atom. The first-order valence-electron chi connectivity index (χ1n) is 9.46. The first-order chi connectivity index (χ1) is 11.0. The lowest BCUT2D eigenvalue weighted by Gasteiger charge is -2.34. The van der Waals surface area contributed by atoms with Crippen LogP contribution in [-0.4, -0.2) is 52.5 Å². The average molecular weight is 343 g/mol. The van der Waals surface area contributed by atoms with Crippen LogP contribution in [0.5, 0.6) is 0 Å². The lowest BCUT2D eigenvalue weighted by Crippen LogP contribution is -2.50. The molecule has 1 saturated carbocycles. The quantitative estimate of drug-likeness (QED) is 0.723. The maximum atomic E-state index is 12.7. The van der Waals surface area contributed by atoms with Crippen LogP contribution < -0.4 is 5.32 Å². The predicted molar refractivity (Wildman–Crippen MR) is 98.2 cm³/mol. The monoisotopic (exact) mass is 342 g/mol. The summed E-state index contributed by atoms with van der Waals surface area (Å²) >= 11 is 0. The molecule has 0 spiro atoms. The highest BCUT2D eigenvalue weighted by molar-refractivity contribution is 5.68. The number of rotatable bonds is 6. The van der Waals surface area contributed by atoms with E-state index in [9.17, 15) is 9.90 Å². The zero-order chi connectivity index (χ0) is 18.4. The Morgan fingerprint density at radius 2 is 1.71 bits per heavy atom. The van der Waals surface area contributed by atoms with E-state index in [0.29, 0.717) is 13.1 Å². The van der Waals surface area contributed by atoms with Crippen LogP contribution in [0.2, 0.25) is 0 Å². The average Bonchev–Trinajstić information content (AvgIpc) is 2.69. The summed E-state index contributed by atoms with van der Waals surface area (Å²) in [7, 11) is 0. The highest BCUT2D eigenvalue weighted by atomic mass is 16.6. The molecule has 1 amide bonds. The lowest BCUT2D eigenvalue weighted by atomic mass is 10.0. The molecule has 1 fully saturated rings. The molecule has 0 radical (unpaired) electrons. The van der Waals surface area contributed by atoms with Gasteiger partial charge in [0.05, 0.1) is 5.60 Å². The van der Waals surface area contributed by atoms with Crippen LogP contribution in [0.1, 0.15) is 80.1 Å². The number of carbonyl (C=O) groups is 1. The van der Waals surface area contributed by atoms with Crippen LogP contribution in [0.25, 0.3) is 0 Å². The van der Waals surface area contributed by atoms with Crippen molar-refractivity contribution in [2.75, 3.05) is 13.1 Å². The van der Waals surface area contributed by atoms with Gasteiger partial charge >= 0.3 is 6.09 Å². The molecule has 1 atom stereocenters. The Kier molecular flexibility index (Phi) is 8.00. The van der Waals surface area contributed by atoms with Gasteiger partial charge in [-0.3, -0.25) is 0 Å². The minimum Gasteiger partial charge on any atom is -0.444 e. The van der Waals surface area contributed by atoms with E-state index in [4.69, 9.17) is 4.74 Å². The molecule has 5 nitrogen and oxygen atoms in total. The Balaban J connectivity index is 2.68. The molecular formula is C19H38N2O3. The van der Waals surface area contributed by atoms with Gasteiger partial charge in [0, 0.05) is 25.2 Å². The lowest BCUT2D eigenvalue weighted by molar-refractivity contribution is 0.0129. The van der Waals surface area contributed by atoms with Crippen LogP contribution in [0.3, 0.4) is 0 Å². The molecule has 0 aromatic carbocycles. The van der Waals surface area contributed by atoms with Crippen LogP contribution in [0, 0.1) is 0 Å². The second kappa shape index (κ2) is 9.04. The second-order valence-electron chi connectivity index (χ2n) is 8.65. The number of nitrogens with one attached hydrogen (secondary N) is 1. The number of ether oxygens (including phenoxy) is 1. The molecule has 0 heterocycles. The molecule has 0 saturated heterocycles. The maximum absolute atomic E-state index is 12.7. The minimum atomic E-state index is -0.779. The topological polar surface area (TPSA) is 61.8 Å². The predicted octanol–water partition coefficient (Wildman–Crippen LogP) is 3.70. The van der Waals surface area contributed by atoms with Crippen LogP contribution in [-0.2, 0) is 4.74 Å². The Labute approximate surface area is 148 Å². The molecular weight excluding hydrogens is 304 g/mol. The van der Waals surface area contributed by atoms with E-state index in [0.717, 1.165) is 12.8 Å². The fourth-order valence-electron chi connectivity index (χ4n) is 2.96. The van der Waals surface area contributed by atoms with E-state index in [1.54, 1.807) is 13.8 Å². The van der Waals surface area contributed by atoms with Crippen molar-refractivity contribution >= 4 is 6.09 Å². The number of nitrogens with zero attached hydrogens (tertiary/aromatic N) is 1. The van der Waals surface area contributed by atoms with Gasteiger partial charge in [0.2, 0.25) is 0 Å². The van der Waals surface area contributed by atoms with Crippen LogP contribution in [0.4, 0.5) is 4.79 Å². The Morgan fingerprint density at radius 1 is 1.17 bits per heavy atom. The number of amides is 1. The zero-order valence-electron chi connectivity index (χ0n) is 16.5. The van der Waals surface area contributed by atoms with Gasteiger partial charge in [-0.15, -0.1) is 0 Å². The summed E-state index contributed by atoms with van der Waals surface area (Å²) in [5.41, 5.74) is -1.26. The van der Waals surface area contributed by atoms with Crippen molar-refractivity contribution in [2.24, 2.45) is 0 Å². The van der Waals surface area contributed by atoms with E-state index in [-0.39, 0.29) is 18.2 Å². The highest BCUT2D eigenvalue weighted by Crippen LogP contribution is 2.23. The fourth-order valence-corrected chi connectivity index (χ4v) is 2.96. The van der Waals surface area contributed by atoms with Gasteiger partial charge in [-0.2, -0.15) is 0 Å². The SMILES string of the molecule is CC(NCCN(C(=O)OC(C)(C)C)C1CCCCCC1)C(C)(C)O. The van der Waals surface area contributed by atoms with E-state index >= 15 is 0 Å². The normalized spacial score (nSPS) is 18.8. The third-order valence-corrected chi connectivity index (χ3v) is 4.76. The molecule has 1 unspecified atom stereocenters. The number of hydrogen-bond donors (Lipinski definition) is 2. The first kappa shape index (κ1) is 21.2. The van der Waals surface area contributed by atoms with E-state index < -0.39 is 11.2 Å². The molecule has 0 bridgehead atoms. The van der Waals surface area contributed by atoms with Gasteiger partial charge in [-0.05, 0) is 54.4 Å². The van der Waals surface area contributed by atoms with Gasteiger partial charge < -0.3 is 20.1 Å². The summed E-state index contributed by atoms with van der Waals surface area (Å²) in [5.74, 6) is 0. The standard InChI is InChI=1S/C19H38N2O3/c1-15(19(5,6)23)20-13-14-21(17(22)24-18(2,3)4)16-11-9-7-8-10-12-16/h15-16,20,23H,7-14H2,1-6H3. The summed E-state index contributed by atoms with van der Waals surface area (Å²) in [6, 6.07) is 0.230. The summed E-state index contributed by atoms with van der Waals surface area (Å²) < 4.78 is 5.63. The maximum Gasteiger partial charge on any atom is 0.410 e. The summed E-state index contributed by atoms with van der Waals surface area (Å²) in [5, 5.41) is 13.4. The van der Waals surface area contributed by atoms with Gasteiger partial charge in [0.25, 0.3) is 0 Å². The summed E-state index contributed by atoms with van der Waals surface area (Å²) in [6.07, 6.45) is 6.77. The van der Waals surface area contributed by atoms with Crippen molar-refractivity contribution in [3.05, 3.63) is 0 Å². The van der Waals surface area contributed by atoms with E-state index in [2.05, 4.69) is 5.32 Å². The molecule has 0 aromatic rings. The van der Waals surface area contributed by atoms with Crippen molar-refractivity contribution in [2.45, 2.75) is 103 Å². The first-order valence-corrected chi connectivity index (χ1v) is 9.46. The second-order valence-corrected chi connectivity index (χ2v) is 8.65. The minimum absolute atomic E-state index is 0.0351. The number of aliphatic hydroxyl groups is 1. The molecule has 2 N–H and O–H groups in total. The molecule has 24 heavy (non-hydrogen) atoms. The van der Waals surface area contributed by atoms with Crippen molar-refractivity contribution in [1.29, 1.82) is 0 Å². The smallest absolute Gasteiger partial charge is 0.410 e. The van der Waals surface area contributed by atoms with Gasteiger partial charge in [0.15, 0.2) is 0 Å². The largest absolute Gasteiger partial charge is 0.444 e. The van der Waals surface area contributed by atoms with E-state index in [1.165, 1.54) is 25.7 Å². The van der Waals surface area contributed by atoms with Gasteiger partial charge in [0.1, 0.15) is 5.60 Å². The highest BCUT2D eigenvalue weighted by Gasteiger charge is 2.29. The van der Waals surface area contributed by atoms with Crippen molar-refractivity contribution in [1.82, 2.24) is 10.2 Å². The third kappa shape index (κ3) is 7.84. The summed E-state index contributed by atoms with van der Waals surface area (Å²) in [6.45, 7) is 12.5. The van der Waals surface area contributed by atoms with Crippen LogP contribution in [0.15, 0.2) is 0 Å². The Hall–Kier alpha value is -0.810.